The Balaban J connectivity index is 1.52. The van der Waals surface area contributed by atoms with Gasteiger partial charge in [0.15, 0.2) is 0 Å². The lowest BCUT2D eigenvalue weighted by Crippen LogP contribution is -2.31. The number of benzene rings is 2. The molecular weight excluding hydrogens is 300 g/mol. The molecule has 0 bridgehead atoms. The molecule has 1 aliphatic heterocycles. The lowest BCUT2D eigenvalue weighted by atomic mass is 10.2. The summed E-state index contributed by atoms with van der Waals surface area (Å²) in [6, 6.07) is 15.8. The Kier molecular flexibility index (Phi) is 5.36. The zero-order valence-corrected chi connectivity index (χ0v) is 14.1. The molecule has 4 heteroatoms. The molecule has 3 rings (SSSR count). The Morgan fingerprint density at radius 3 is 2.75 bits per heavy atom. The van der Waals surface area contributed by atoms with Crippen LogP contribution < -0.4 is 15.0 Å². The number of anilines is 2. The van der Waals surface area contributed by atoms with E-state index in [2.05, 4.69) is 29.3 Å². The minimum Gasteiger partial charge on any atom is -0.494 e. The van der Waals surface area contributed by atoms with Crippen molar-refractivity contribution in [3.8, 4) is 5.75 Å². The van der Waals surface area contributed by atoms with Crippen LogP contribution in [0, 0.1) is 0 Å². The Bertz CT molecular complexity index is 682. The molecule has 2 aromatic rings. The first kappa shape index (κ1) is 16.4. The number of rotatable bonds is 7. The third-order valence-electron chi connectivity index (χ3n) is 4.22. The molecule has 0 saturated carbocycles. The van der Waals surface area contributed by atoms with Gasteiger partial charge in [-0.25, -0.2) is 0 Å². The second-order valence-electron chi connectivity index (χ2n) is 6.07. The van der Waals surface area contributed by atoms with E-state index in [1.54, 1.807) is 0 Å². The second-order valence-corrected chi connectivity index (χ2v) is 6.07. The fourth-order valence-corrected chi connectivity index (χ4v) is 2.91. The van der Waals surface area contributed by atoms with Gasteiger partial charge in [-0.05, 0) is 48.7 Å². The number of hydrogen-bond acceptors (Lipinski definition) is 3. The van der Waals surface area contributed by atoms with Crippen molar-refractivity contribution in [3.63, 3.8) is 0 Å². The van der Waals surface area contributed by atoms with Gasteiger partial charge in [-0.3, -0.25) is 4.79 Å². The Labute approximate surface area is 143 Å². The number of nitrogens with one attached hydrogen (secondary N) is 1. The average molecular weight is 324 g/mol. The summed E-state index contributed by atoms with van der Waals surface area (Å²) in [5.74, 6) is 0.848. The van der Waals surface area contributed by atoms with Crippen LogP contribution in [0.15, 0.2) is 48.5 Å². The first-order chi connectivity index (χ1) is 11.8. The third-order valence-corrected chi connectivity index (χ3v) is 4.22. The highest BCUT2D eigenvalue weighted by molar-refractivity contribution is 5.94. The van der Waals surface area contributed by atoms with Crippen molar-refractivity contribution >= 4 is 17.3 Å². The van der Waals surface area contributed by atoms with Crippen molar-refractivity contribution in [1.29, 1.82) is 0 Å². The summed E-state index contributed by atoms with van der Waals surface area (Å²) in [4.78, 5) is 14.4. The van der Waals surface area contributed by atoms with Crippen molar-refractivity contribution in [2.24, 2.45) is 0 Å². The first-order valence-corrected chi connectivity index (χ1v) is 8.62. The van der Waals surface area contributed by atoms with Crippen LogP contribution in [0.3, 0.4) is 0 Å². The van der Waals surface area contributed by atoms with Crippen LogP contribution in [0.5, 0.6) is 5.75 Å². The van der Waals surface area contributed by atoms with Crippen molar-refractivity contribution < 1.29 is 9.53 Å². The zero-order chi connectivity index (χ0) is 16.8. The average Bonchev–Trinajstić information content (AvgIpc) is 3.00. The van der Waals surface area contributed by atoms with Crippen molar-refractivity contribution in [3.05, 3.63) is 54.1 Å². The van der Waals surface area contributed by atoms with Crippen LogP contribution in [0.2, 0.25) is 0 Å². The number of ether oxygens (including phenoxy) is 1. The predicted octanol–water partition coefficient (Wildman–Crippen LogP) is 3.87. The van der Waals surface area contributed by atoms with Crippen LogP contribution in [-0.4, -0.2) is 25.6 Å². The monoisotopic (exact) mass is 324 g/mol. The normalized spacial score (nSPS) is 12.8. The molecule has 24 heavy (non-hydrogen) atoms. The van der Waals surface area contributed by atoms with Crippen LogP contribution in [0.25, 0.3) is 0 Å². The minimum atomic E-state index is 0.00588. The molecule has 2 aromatic carbocycles. The summed E-state index contributed by atoms with van der Waals surface area (Å²) in [7, 11) is 0. The quantitative estimate of drug-likeness (QED) is 0.786. The molecule has 126 valence electrons. The van der Waals surface area contributed by atoms with Crippen LogP contribution in [0.4, 0.5) is 11.4 Å². The number of unbranched alkanes of at least 4 members (excludes halogenated alkanes) is 1. The topological polar surface area (TPSA) is 41.6 Å². The lowest BCUT2D eigenvalue weighted by Gasteiger charge is -2.18. The standard InChI is InChI=1S/C20H24N2O2/c1-2-3-14-24-18-10-8-17(9-11-18)21-20(23)15-22-13-12-16-6-4-5-7-19(16)22/h4-11H,2-3,12-15H2,1H3,(H,21,23). The summed E-state index contributed by atoms with van der Waals surface area (Å²) >= 11 is 0. The first-order valence-electron chi connectivity index (χ1n) is 8.62. The maximum Gasteiger partial charge on any atom is 0.243 e. The summed E-state index contributed by atoms with van der Waals surface area (Å²) in [6.45, 7) is 4.15. The number of fused-ring (bicyclic) bond motifs is 1. The Hall–Kier alpha value is -2.49. The van der Waals surface area contributed by atoms with E-state index in [1.165, 1.54) is 11.3 Å². The largest absolute Gasteiger partial charge is 0.494 e. The molecule has 4 nitrogen and oxygen atoms in total. The van der Waals surface area contributed by atoms with Crippen molar-refractivity contribution in [2.45, 2.75) is 26.2 Å². The van der Waals surface area contributed by atoms with Gasteiger partial charge < -0.3 is 15.0 Å². The summed E-state index contributed by atoms with van der Waals surface area (Å²) in [5, 5.41) is 2.96. The number of carbonyl (C=O) groups excluding carboxylic acids is 1. The molecular formula is C20H24N2O2. The van der Waals surface area contributed by atoms with Gasteiger partial charge >= 0.3 is 0 Å². The fraction of sp³-hybridized carbons (Fsp3) is 0.350. The van der Waals surface area contributed by atoms with E-state index in [1.807, 2.05) is 36.4 Å². The number of para-hydroxylation sites is 1. The van der Waals surface area contributed by atoms with E-state index in [0.717, 1.165) is 43.9 Å². The van der Waals surface area contributed by atoms with Gasteiger partial charge in [0.1, 0.15) is 5.75 Å². The van der Waals surface area contributed by atoms with E-state index in [9.17, 15) is 4.79 Å². The smallest absolute Gasteiger partial charge is 0.243 e. The summed E-state index contributed by atoms with van der Waals surface area (Å²) in [5.41, 5.74) is 3.29. The van der Waals surface area contributed by atoms with Gasteiger partial charge in [0.05, 0.1) is 13.2 Å². The molecule has 0 atom stereocenters. The van der Waals surface area contributed by atoms with E-state index >= 15 is 0 Å². The lowest BCUT2D eigenvalue weighted by molar-refractivity contribution is -0.115. The Morgan fingerprint density at radius 1 is 1.17 bits per heavy atom. The molecule has 0 radical (unpaired) electrons. The molecule has 0 spiro atoms. The van der Waals surface area contributed by atoms with Gasteiger partial charge in [0, 0.05) is 17.9 Å². The maximum absolute atomic E-state index is 12.3. The van der Waals surface area contributed by atoms with Gasteiger partial charge in [0.25, 0.3) is 0 Å². The molecule has 1 amide bonds. The SMILES string of the molecule is CCCCOc1ccc(NC(=O)CN2CCc3ccccc32)cc1. The highest BCUT2D eigenvalue weighted by Crippen LogP contribution is 2.27. The van der Waals surface area contributed by atoms with E-state index in [0.29, 0.717) is 6.54 Å². The molecule has 0 saturated heterocycles. The molecule has 0 fully saturated rings. The number of carbonyl (C=O) groups is 1. The van der Waals surface area contributed by atoms with Crippen LogP contribution >= 0.6 is 0 Å². The molecule has 1 heterocycles. The number of amides is 1. The highest BCUT2D eigenvalue weighted by atomic mass is 16.5. The van der Waals surface area contributed by atoms with Crippen LogP contribution in [-0.2, 0) is 11.2 Å². The molecule has 1 aliphatic rings. The Morgan fingerprint density at radius 2 is 1.96 bits per heavy atom. The maximum atomic E-state index is 12.3. The van der Waals surface area contributed by atoms with Crippen LogP contribution in [0.1, 0.15) is 25.3 Å². The van der Waals surface area contributed by atoms with Gasteiger partial charge in [0.2, 0.25) is 5.91 Å². The summed E-state index contributed by atoms with van der Waals surface area (Å²) in [6.07, 6.45) is 3.18. The molecule has 0 aliphatic carbocycles. The molecule has 0 aromatic heterocycles. The van der Waals surface area contributed by atoms with E-state index < -0.39 is 0 Å². The summed E-state index contributed by atoms with van der Waals surface area (Å²) < 4.78 is 5.63. The van der Waals surface area contributed by atoms with E-state index in [-0.39, 0.29) is 5.91 Å². The van der Waals surface area contributed by atoms with Gasteiger partial charge in [-0.15, -0.1) is 0 Å². The fourth-order valence-electron chi connectivity index (χ4n) is 2.91. The molecule has 1 N–H and O–H groups in total. The van der Waals surface area contributed by atoms with Gasteiger partial charge in [-0.1, -0.05) is 31.5 Å². The van der Waals surface area contributed by atoms with Crippen molar-refractivity contribution in [1.82, 2.24) is 0 Å². The molecule has 0 unspecified atom stereocenters. The highest BCUT2D eigenvalue weighted by Gasteiger charge is 2.20. The minimum absolute atomic E-state index is 0.00588. The zero-order valence-electron chi connectivity index (χ0n) is 14.1. The second kappa shape index (κ2) is 7.86. The van der Waals surface area contributed by atoms with E-state index in [4.69, 9.17) is 4.74 Å². The predicted molar refractivity (Wildman–Crippen MR) is 97.8 cm³/mol. The number of nitrogens with zero attached hydrogens (tertiary/aromatic N) is 1. The number of hydrogen-bond donors (Lipinski definition) is 1. The third kappa shape index (κ3) is 4.07. The van der Waals surface area contributed by atoms with Gasteiger partial charge in [-0.2, -0.15) is 0 Å². The van der Waals surface area contributed by atoms with Crippen molar-refractivity contribution in [2.75, 3.05) is 29.9 Å².